The first kappa shape index (κ1) is 18.0. The van der Waals surface area contributed by atoms with Crippen LogP contribution in [0.25, 0.3) is 0 Å². The summed E-state index contributed by atoms with van der Waals surface area (Å²) < 4.78 is 13.0. The maximum absolute atomic E-state index is 13.0. The maximum atomic E-state index is 13.0. The number of hydrazine groups is 1. The van der Waals surface area contributed by atoms with Crippen molar-refractivity contribution in [3.63, 3.8) is 0 Å². The van der Waals surface area contributed by atoms with Crippen LogP contribution < -0.4 is 10.7 Å². The van der Waals surface area contributed by atoms with Crippen LogP contribution in [0, 0.1) is 15.9 Å². The first-order valence-electron chi connectivity index (χ1n) is 8.21. The average Bonchev–Trinajstić information content (AvgIpc) is 2.63. The van der Waals surface area contributed by atoms with Gasteiger partial charge in [0.2, 0.25) is 11.6 Å². The lowest BCUT2D eigenvalue weighted by Gasteiger charge is -2.32. The van der Waals surface area contributed by atoms with E-state index in [0.717, 1.165) is 31.7 Å². The molecule has 9 nitrogen and oxygen atoms in total. The Hall–Kier alpha value is -2.85. The van der Waals surface area contributed by atoms with E-state index in [1.54, 1.807) is 12.1 Å². The van der Waals surface area contributed by atoms with Gasteiger partial charge in [0.05, 0.1) is 4.92 Å². The maximum Gasteiger partial charge on any atom is 0.354 e. The summed E-state index contributed by atoms with van der Waals surface area (Å²) in [5.74, 6) is -0.0671. The lowest BCUT2D eigenvalue weighted by molar-refractivity contribution is -0.383. The van der Waals surface area contributed by atoms with Gasteiger partial charge in [-0.3, -0.25) is 15.5 Å². The fourth-order valence-electron chi connectivity index (χ4n) is 2.62. The fraction of sp³-hybridized carbons (Fsp3) is 0.375. The minimum absolute atomic E-state index is 0.117. The van der Waals surface area contributed by atoms with Crippen molar-refractivity contribution in [2.75, 3.05) is 44.0 Å². The van der Waals surface area contributed by atoms with Crippen LogP contribution in [0.4, 0.5) is 21.7 Å². The van der Waals surface area contributed by atoms with Crippen molar-refractivity contribution in [3.05, 3.63) is 52.1 Å². The molecule has 2 N–H and O–H groups in total. The molecule has 0 unspecified atom stereocenters. The van der Waals surface area contributed by atoms with Crippen molar-refractivity contribution < 1.29 is 9.31 Å². The average molecular weight is 361 g/mol. The minimum atomic E-state index is -0.509. The van der Waals surface area contributed by atoms with Crippen molar-refractivity contribution in [1.82, 2.24) is 19.9 Å². The van der Waals surface area contributed by atoms with Gasteiger partial charge in [0.15, 0.2) is 0 Å². The molecule has 2 heterocycles. The van der Waals surface area contributed by atoms with Crippen molar-refractivity contribution in [1.29, 1.82) is 0 Å². The molecule has 1 aromatic heterocycles. The quantitative estimate of drug-likeness (QED) is 0.593. The number of halogens is 1. The second-order valence-electron chi connectivity index (χ2n) is 6.06. The van der Waals surface area contributed by atoms with Crippen molar-refractivity contribution in [2.45, 2.75) is 6.54 Å². The van der Waals surface area contributed by atoms with Crippen LogP contribution in [-0.2, 0) is 6.54 Å². The topological polar surface area (TPSA) is 99.5 Å². The summed E-state index contributed by atoms with van der Waals surface area (Å²) >= 11 is 0. The van der Waals surface area contributed by atoms with E-state index < -0.39 is 4.92 Å². The zero-order valence-corrected chi connectivity index (χ0v) is 14.4. The Morgan fingerprint density at radius 1 is 1.15 bits per heavy atom. The van der Waals surface area contributed by atoms with E-state index in [1.165, 1.54) is 18.5 Å². The van der Waals surface area contributed by atoms with E-state index in [-0.39, 0.29) is 29.7 Å². The van der Waals surface area contributed by atoms with Gasteiger partial charge in [-0.05, 0) is 24.7 Å². The Morgan fingerprint density at radius 2 is 1.81 bits per heavy atom. The van der Waals surface area contributed by atoms with Gasteiger partial charge >= 0.3 is 5.69 Å². The molecule has 10 heteroatoms. The third-order valence-corrected chi connectivity index (χ3v) is 4.15. The molecule has 138 valence electrons. The Kier molecular flexibility index (Phi) is 5.54. The molecule has 0 amide bonds. The summed E-state index contributed by atoms with van der Waals surface area (Å²) in [6.07, 6.45) is 1.28. The fourth-order valence-corrected chi connectivity index (χ4v) is 2.62. The lowest BCUT2D eigenvalue weighted by Crippen LogP contribution is -2.47. The number of hydrogen-bond donors (Lipinski definition) is 2. The molecule has 26 heavy (non-hydrogen) atoms. The molecule has 1 aliphatic heterocycles. The zero-order chi connectivity index (χ0) is 18.5. The standard InChI is InChI=1S/C16H20FN7O2/c1-22-6-8-23(9-7-22)21-16-14(24(25)26)15(19-11-20-16)18-10-12-2-4-13(17)5-3-12/h2-5,11H,6-10H2,1H3,(H2,18,19,20,21). The molecule has 0 radical (unpaired) electrons. The van der Waals surface area contributed by atoms with Crippen LogP contribution in [-0.4, -0.2) is 58.0 Å². The highest BCUT2D eigenvalue weighted by Crippen LogP contribution is 2.29. The zero-order valence-electron chi connectivity index (χ0n) is 14.4. The molecule has 2 aromatic rings. The van der Waals surface area contributed by atoms with E-state index in [9.17, 15) is 14.5 Å². The van der Waals surface area contributed by atoms with Gasteiger partial charge in [-0.2, -0.15) is 0 Å². The summed E-state index contributed by atoms with van der Waals surface area (Å²) in [4.78, 5) is 21.3. The molecule has 0 aliphatic carbocycles. The predicted octanol–water partition coefficient (Wildman–Crippen LogP) is 1.71. The highest BCUT2D eigenvalue weighted by atomic mass is 19.1. The van der Waals surface area contributed by atoms with Gasteiger partial charge in [0, 0.05) is 32.7 Å². The number of likely N-dealkylation sites (N-methyl/N-ethyl adjacent to an activating group) is 1. The molecule has 0 atom stereocenters. The van der Waals surface area contributed by atoms with Gasteiger partial charge in [-0.25, -0.2) is 19.4 Å². The second kappa shape index (κ2) is 8.02. The highest BCUT2D eigenvalue weighted by molar-refractivity contribution is 5.68. The van der Waals surface area contributed by atoms with E-state index in [2.05, 4.69) is 25.6 Å². The number of nitro groups is 1. The number of rotatable bonds is 6. The molecular weight excluding hydrogens is 341 g/mol. The molecule has 3 rings (SSSR count). The SMILES string of the molecule is CN1CCN(Nc2ncnc(NCc3ccc(F)cc3)c2[N+](=O)[O-])CC1. The van der Waals surface area contributed by atoms with Crippen molar-refractivity contribution in [3.8, 4) is 0 Å². The minimum Gasteiger partial charge on any atom is -0.360 e. The van der Waals surface area contributed by atoms with Crippen LogP contribution in [0.3, 0.4) is 0 Å². The summed E-state index contributed by atoms with van der Waals surface area (Å²) in [6, 6.07) is 5.90. The predicted molar refractivity (Wildman–Crippen MR) is 95.1 cm³/mol. The molecule has 1 aliphatic rings. The molecule has 1 saturated heterocycles. The summed E-state index contributed by atoms with van der Waals surface area (Å²) in [5, 5.41) is 16.4. The van der Waals surface area contributed by atoms with E-state index in [0.29, 0.717) is 0 Å². The van der Waals surface area contributed by atoms with Crippen LogP contribution in [0.2, 0.25) is 0 Å². The van der Waals surface area contributed by atoms with Crippen LogP contribution in [0.5, 0.6) is 0 Å². The molecule has 1 fully saturated rings. The molecule has 0 bridgehead atoms. The van der Waals surface area contributed by atoms with Crippen molar-refractivity contribution >= 4 is 17.3 Å². The van der Waals surface area contributed by atoms with E-state index >= 15 is 0 Å². The third-order valence-electron chi connectivity index (χ3n) is 4.15. The number of benzene rings is 1. The number of piperazine rings is 1. The lowest BCUT2D eigenvalue weighted by atomic mass is 10.2. The molecule has 0 saturated carbocycles. The molecule has 1 aromatic carbocycles. The molecular formula is C16H20FN7O2. The van der Waals surface area contributed by atoms with Crippen molar-refractivity contribution in [2.24, 2.45) is 0 Å². The summed E-state index contributed by atoms with van der Waals surface area (Å²) in [6.45, 7) is 3.47. The monoisotopic (exact) mass is 361 g/mol. The van der Waals surface area contributed by atoms with Gasteiger partial charge in [0.25, 0.3) is 0 Å². The largest absolute Gasteiger partial charge is 0.360 e. The van der Waals surface area contributed by atoms with Gasteiger partial charge < -0.3 is 10.2 Å². The number of hydrogen-bond acceptors (Lipinski definition) is 8. The summed E-state index contributed by atoms with van der Waals surface area (Å²) in [5.41, 5.74) is 3.59. The smallest absolute Gasteiger partial charge is 0.354 e. The van der Waals surface area contributed by atoms with E-state index in [4.69, 9.17) is 0 Å². The Bertz CT molecular complexity index is 764. The van der Waals surface area contributed by atoms with Crippen LogP contribution >= 0.6 is 0 Å². The van der Waals surface area contributed by atoms with Gasteiger partial charge in [-0.1, -0.05) is 12.1 Å². The first-order chi connectivity index (χ1) is 12.5. The Balaban J connectivity index is 1.75. The number of nitrogens with one attached hydrogen (secondary N) is 2. The number of aromatic nitrogens is 2. The number of nitrogens with zero attached hydrogens (tertiary/aromatic N) is 5. The first-order valence-corrected chi connectivity index (χ1v) is 8.21. The van der Waals surface area contributed by atoms with Crippen LogP contribution in [0.1, 0.15) is 5.56 Å². The second-order valence-corrected chi connectivity index (χ2v) is 6.06. The Labute approximate surface area is 150 Å². The molecule has 0 spiro atoms. The van der Waals surface area contributed by atoms with Gasteiger partial charge in [0.1, 0.15) is 12.1 Å². The summed E-state index contributed by atoms with van der Waals surface area (Å²) in [7, 11) is 2.03. The third kappa shape index (κ3) is 4.41. The van der Waals surface area contributed by atoms with E-state index in [1.807, 2.05) is 12.1 Å². The Morgan fingerprint density at radius 3 is 2.46 bits per heavy atom. The normalized spacial score (nSPS) is 15.6. The van der Waals surface area contributed by atoms with Crippen LogP contribution in [0.15, 0.2) is 30.6 Å². The van der Waals surface area contributed by atoms with Gasteiger partial charge in [-0.15, -0.1) is 0 Å². The number of anilines is 2. The highest BCUT2D eigenvalue weighted by Gasteiger charge is 2.25.